The topological polar surface area (TPSA) is 82.3 Å². The molecule has 6 heteroatoms. The van der Waals surface area contributed by atoms with E-state index in [0.29, 0.717) is 12.1 Å². The fraction of sp³-hybridized carbons (Fsp3) is 0.200. The highest BCUT2D eigenvalue weighted by Gasteiger charge is 2.12. The van der Waals surface area contributed by atoms with Gasteiger partial charge in [0, 0.05) is 6.54 Å². The molecular weight excluding hydrogens is 352 g/mol. The van der Waals surface area contributed by atoms with Gasteiger partial charge >= 0.3 is 0 Å². The molecule has 0 saturated carbocycles. The van der Waals surface area contributed by atoms with Crippen molar-refractivity contribution in [1.29, 1.82) is 5.26 Å². The molecule has 0 aliphatic carbocycles. The van der Waals surface area contributed by atoms with Gasteiger partial charge in [-0.25, -0.2) is 0 Å². The zero-order valence-corrected chi connectivity index (χ0v) is 15.1. The van der Waals surface area contributed by atoms with Crippen LogP contribution in [0, 0.1) is 11.3 Å². The number of aromatic hydroxyl groups is 1. The molecule has 26 heavy (non-hydrogen) atoms. The Morgan fingerprint density at radius 3 is 2.73 bits per heavy atom. The summed E-state index contributed by atoms with van der Waals surface area (Å²) in [5, 5.41) is 21.8. The Balaban J connectivity index is 1.99. The normalized spacial score (nSPS) is 10.9. The van der Waals surface area contributed by atoms with Crippen LogP contribution in [0.5, 0.6) is 11.5 Å². The minimum absolute atomic E-state index is 0.0477. The molecule has 0 fully saturated rings. The maximum Gasteiger partial charge on any atom is 0.261 e. The van der Waals surface area contributed by atoms with Crippen LogP contribution in [0.25, 0.3) is 6.08 Å². The molecule has 5 nitrogen and oxygen atoms in total. The third-order valence-electron chi connectivity index (χ3n) is 3.72. The summed E-state index contributed by atoms with van der Waals surface area (Å²) < 4.78 is 5.02. The first-order valence-corrected chi connectivity index (χ1v) is 8.43. The van der Waals surface area contributed by atoms with Gasteiger partial charge in [-0.15, -0.1) is 0 Å². The number of aryl methyl sites for hydroxylation is 1. The van der Waals surface area contributed by atoms with Gasteiger partial charge in [-0.05, 0) is 42.2 Å². The van der Waals surface area contributed by atoms with Gasteiger partial charge in [0.2, 0.25) is 0 Å². The van der Waals surface area contributed by atoms with Crippen molar-refractivity contribution in [3.8, 4) is 17.6 Å². The van der Waals surface area contributed by atoms with Crippen molar-refractivity contribution in [3.05, 3.63) is 64.2 Å². The monoisotopic (exact) mass is 370 g/mol. The molecule has 1 amide bonds. The number of nitriles is 1. The number of amides is 1. The van der Waals surface area contributed by atoms with E-state index >= 15 is 0 Å². The molecule has 0 atom stereocenters. The van der Waals surface area contributed by atoms with Gasteiger partial charge in [0.05, 0.1) is 12.1 Å². The van der Waals surface area contributed by atoms with E-state index in [1.165, 1.54) is 30.9 Å². The number of rotatable bonds is 7. The standard InChI is InChI=1S/C20H19ClN2O3/c1-26-18-12-15(11-17(21)19(18)24)10-16(13-22)20(25)23-9-5-8-14-6-3-2-4-7-14/h2-4,6-7,10-12,24H,5,8-9H2,1H3,(H,23,25)/b16-10-. The Bertz CT molecular complexity index is 842. The number of halogens is 1. The molecule has 0 aromatic heterocycles. The summed E-state index contributed by atoms with van der Waals surface area (Å²) in [6.07, 6.45) is 3.02. The van der Waals surface area contributed by atoms with E-state index in [9.17, 15) is 15.2 Å². The summed E-state index contributed by atoms with van der Waals surface area (Å²) in [7, 11) is 1.39. The molecule has 2 aromatic rings. The Morgan fingerprint density at radius 1 is 1.35 bits per heavy atom. The maximum atomic E-state index is 12.2. The van der Waals surface area contributed by atoms with Crippen molar-refractivity contribution in [2.75, 3.05) is 13.7 Å². The zero-order valence-electron chi connectivity index (χ0n) is 14.3. The van der Waals surface area contributed by atoms with Crippen LogP contribution in [0.15, 0.2) is 48.0 Å². The predicted octanol–water partition coefficient (Wildman–Crippen LogP) is 3.71. The molecule has 2 rings (SSSR count). The van der Waals surface area contributed by atoms with E-state index in [-0.39, 0.29) is 22.1 Å². The predicted molar refractivity (Wildman–Crippen MR) is 101 cm³/mol. The molecule has 2 N–H and O–H groups in total. The van der Waals surface area contributed by atoms with E-state index in [4.69, 9.17) is 16.3 Å². The van der Waals surface area contributed by atoms with Gasteiger partial charge in [0.25, 0.3) is 5.91 Å². The summed E-state index contributed by atoms with van der Waals surface area (Å²) in [5.41, 5.74) is 1.64. The first-order valence-electron chi connectivity index (χ1n) is 8.05. The fourth-order valence-corrected chi connectivity index (χ4v) is 2.60. The van der Waals surface area contributed by atoms with Crippen molar-refractivity contribution < 1.29 is 14.6 Å². The molecule has 2 aromatic carbocycles. The molecule has 0 aliphatic heterocycles. The molecule has 0 aliphatic rings. The van der Waals surface area contributed by atoms with E-state index in [0.717, 1.165) is 12.8 Å². The average Bonchev–Trinajstić information content (AvgIpc) is 2.66. The molecule has 0 bridgehead atoms. The second-order valence-electron chi connectivity index (χ2n) is 5.57. The number of ether oxygens (including phenoxy) is 1. The highest BCUT2D eigenvalue weighted by Crippen LogP contribution is 2.35. The lowest BCUT2D eigenvalue weighted by atomic mass is 10.1. The number of nitrogens with zero attached hydrogens (tertiary/aromatic N) is 1. The van der Waals surface area contributed by atoms with Gasteiger partial charge in [-0.2, -0.15) is 5.26 Å². The van der Waals surface area contributed by atoms with Crippen LogP contribution in [0.4, 0.5) is 0 Å². The molecule has 0 unspecified atom stereocenters. The van der Waals surface area contributed by atoms with Crippen LogP contribution >= 0.6 is 11.6 Å². The lowest BCUT2D eigenvalue weighted by Crippen LogP contribution is -2.25. The number of carbonyl (C=O) groups is 1. The van der Waals surface area contributed by atoms with Crippen LogP contribution in [0.3, 0.4) is 0 Å². The molecule has 0 heterocycles. The van der Waals surface area contributed by atoms with Crippen molar-refractivity contribution in [1.82, 2.24) is 5.32 Å². The number of hydrogen-bond donors (Lipinski definition) is 2. The lowest BCUT2D eigenvalue weighted by Gasteiger charge is -2.07. The van der Waals surface area contributed by atoms with E-state index < -0.39 is 5.91 Å². The van der Waals surface area contributed by atoms with Gasteiger partial charge in [-0.3, -0.25) is 4.79 Å². The van der Waals surface area contributed by atoms with Crippen LogP contribution in [-0.2, 0) is 11.2 Å². The molecule has 0 radical (unpaired) electrons. The van der Waals surface area contributed by atoms with Crippen molar-refractivity contribution >= 4 is 23.6 Å². The highest BCUT2D eigenvalue weighted by molar-refractivity contribution is 6.32. The van der Waals surface area contributed by atoms with Gasteiger partial charge < -0.3 is 15.2 Å². The quantitative estimate of drug-likeness (QED) is 0.442. The summed E-state index contributed by atoms with van der Waals surface area (Å²) >= 11 is 5.92. The van der Waals surface area contributed by atoms with Gasteiger partial charge in [0.1, 0.15) is 11.6 Å². The van der Waals surface area contributed by atoms with E-state index in [1.807, 2.05) is 36.4 Å². The second-order valence-corrected chi connectivity index (χ2v) is 5.98. The van der Waals surface area contributed by atoms with Gasteiger partial charge in [0.15, 0.2) is 11.5 Å². The van der Waals surface area contributed by atoms with Crippen LogP contribution < -0.4 is 10.1 Å². The highest BCUT2D eigenvalue weighted by atomic mass is 35.5. The summed E-state index contributed by atoms with van der Waals surface area (Å²) in [5.74, 6) is -0.469. The summed E-state index contributed by atoms with van der Waals surface area (Å²) in [6.45, 7) is 0.465. The SMILES string of the molecule is COc1cc(/C=C(/C#N)C(=O)NCCCc2ccccc2)cc(Cl)c1O. The van der Waals surface area contributed by atoms with Crippen molar-refractivity contribution in [3.63, 3.8) is 0 Å². The third-order valence-corrected chi connectivity index (χ3v) is 4.01. The van der Waals surface area contributed by atoms with Crippen LogP contribution in [0.1, 0.15) is 17.5 Å². The molecule has 0 spiro atoms. The average molecular weight is 371 g/mol. The molecule has 0 saturated heterocycles. The number of methoxy groups -OCH3 is 1. The Hall–Kier alpha value is -2.97. The Kier molecular flexibility index (Phi) is 7.07. The summed E-state index contributed by atoms with van der Waals surface area (Å²) in [4.78, 5) is 12.2. The number of phenols is 1. The number of phenolic OH excluding ortho intramolecular Hbond substituents is 1. The molecular formula is C20H19ClN2O3. The largest absolute Gasteiger partial charge is 0.503 e. The Labute approximate surface area is 157 Å². The first-order chi connectivity index (χ1) is 12.5. The summed E-state index contributed by atoms with van der Waals surface area (Å²) in [6, 6.07) is 14.8. The minimum atomic E-state index is -0.455. The second kappa shape index (κ2) is 9.50. The van der Waals surface area contributed by atoms with Crippen molar-refractivity contribution in [2.45, 2.75) is 12.8 Å². The lowest BCUT2D eigenvalue weighted by molar-refractivity contribution is -0.117. The van der Waals surface area contributed by atoms with Crippen LogP contribution in [0.2, 0.25) is 5.02 Å². The van der Waals surface area contributed by atoms with Crippen LogP contribution in [-0.4, -0.2) is 24.7 Å². The third kappa shape index (κ3) is 5.27. The Morgan fingerprint density at radius 2 is 2.08 bits per heavy atom. The number of carbonyl (C=O) groups excluding carboxylic acids is 1. The number of benzene rings is 2. The minimum Gasteiger partial charge on any atom is -0.503 e. The fourth-order valence-electron chi connectivity index (χ4n) is 2.38. The number of nitrogens with one attached hydrogen (secondary N) is 1. The first kappa shape index (κ1) is 19.4. The maximum absolute atomic E-state index is 12.2. The van der Waals surface area contributed by atoms with Crippen molar-refractivity contribution in [2.24, 2.45) is 0 Å². The smallest absolute Gasteiger partial charge is 0.261 e. The number of hydrogen-bond acceptors (Lipinski definition) is 4. The zero-order chi connectivity index (χ0) is 18.9. The molecule has 134 valence electrons. The van der Waals surface area contributed by atoms with E-state index in [1.54, 1.807) is 0 Å². The van der Waals surface area contributed by atoms with E-state index in [2.05, 4.69) is 5.32 Å². The van der Waals surface area contributed by atoms with Gasteiger partial charge in [-0.1, -0.05) is 41.9 Å².